The molecule has 0 saturated heterocycles. The molecule has 6 nitrogen and oxygen atoms in total. The monoisotopic (exact) mass is 309 g/mol. The van der Waals surface area contributed by atoms with Gasteiger partial charge in [0.25, 0.3) is 5.91 Å². The lowest BCUT2D eigenvalue weighted by Gasteiger charge is -2.12. The van der Waals surface area contributed by atoms with Gasteiger partial charge < -0.3 is 10.1 Å². The van der Waals surface area contributed by atoms with Gasteiger partial charge in [-0.3, -0.25) is 10.1 Å². The van der Waals surface area contributed by atoms with E-state index in [1.54, 1.807) is 6.07 Å². The van der Waals surface area contributed by atoms with E-state index in [-0.39, 0.29) is 0 Å². The molecular formula is C17H15N3O3. The van der Waals surface area contributed by atoms with Crippen molar-refractivity contribution in [1.29, 1.82) is 0 Å². The molecule has 116 valence electrons. The first kappa shape index (κ1) is 14.8. The zero-order valence-corrected chi connectivity index (χ0v) is 12.4. The van der Waals surface area contributed by atoms with E-state index in [0.29, 0.717) is 11.4 Å². The molecule has 0 aromatic heterocycles. The summed E-state index contributed by atoms with van der Waals surface area (Å²) in [6.45, 7) is 0. The molecule has 0 saturated carbocycles. The predicted molar refractivity (Wildman–Crippen MR) is 86.5 cm³/mol. The minimum Gasteiger partial charge on any atom is -0.453 e. The van der Waals surface area contributed by atoms with Crippen molar-refractivity contribution < 1.29 is 14.3 Å². The minimum atomic E-state index is -1.06. The summed E-state index contributed by atoms with van der Waals surface area (Å²) in [7, 11) is 1.24. The molecule has 2 aromatic carbocycles. The van der Waals surface area contributed by atoms with Crippen molar-refractivity contribution in [2.45, 2.75) is 6.17 Å². The maximum absolute atomic E-state index is 12.3. The number of nitrogens with zero attached hydrogens (tertiary/aromatic N) is 1. The Bertz CT molecular complexity index is 772. The fraction of sp³-hybridized carbons (Fsp3) is 0.118. The Kier molecular flexibility index (Phi) is 4.05. The Morgan fingerprint density at radius 1 is 1.13 bits per heavy atom. The van der Waals surface area contributed by atoms with Gasteiger partial charge in [0.05, 0.1) is 18.5 Å². The largest absolute Gasteiger partial charge is 0.453 e. The summed E-state index contributed by atoms with van der Waals surface area (Å²) in [5.41, 5.74) is 2.92. The molecule has 6 heteroatoms. The number of para-hydroxylation sites is 1. The molecule has 1 unspecified atom stereocenters. The van der Waals surface area contributed by atoms with E-state index in [1.807, 2.05) is 48.5 Å². The van der Waals surface area contributed by atoms with Gasteiger partial charge in [0, 0.05) is 11.1 Å². The average Bonchev–Trinajstić information content (AvgIpc) is 2.72. The fourth-order valence-corrected chi connectivity index (χ4v) is 2.35. The van der Waals surface area contributed by atoms with E-state index >= 15 is 0 Å². The number of hydrogen-bond donors (Lipinski definition) is 2. The minimum absolute atomic E-state index is 0.422. The molecule has 2 amide bonds. The molecular weight excluding hydrogens is 294 g/mol. The highest BCUT2D eigenvalue weighted by molar-refractivity contribution is 6.19. The molecule has 1 aliphatic rings. The van der Waals surface area contributed by atoms with Gasteiger partial charge in [-0.05, 0) is 6.07 Å². The number of benzodiazepines with no additional fused rings is 1. The highest BCUT2D eigenvalue weighted by Crippen LogP contribution is 2.23. The summed E-state index contributed by atoms with van der Waals surface area (Å²) in [6.07, 6.45) is -1.78. The number of aliphatic imine (C=N–C) groups is 1. The molecule has 2 aromatic rings. The zero-order chi connectivity index (χ0) is 16.2. The number of ether oxygens (including phenoxy) is 1. The molecule has 23 heavy (non-hydrogen) atoms. The molecule has 1 heterocycles. The van der Waals surface area contributed by atoms with Crippen LogP contribution in [0.2, 0.25) is 0 Å². The lowest BCUT2D eigenvalue weighted by atomic mass is 10.0. The number of amides is 2. The Hall–Kier alpha value is -3.15. The standard InChI is InChI=1S/C17H15N3O3/c1-23-17(22)20-15-16(21)18-13-10-6-5-9-12(13)14(19-15)11-7-3-2-4-8-11/h2-10,15H,1H3,(H,18,21)(H,20,22). The van der Waals surface area contributed by atoms with Gasteiger partial charge in [-0.2, -0.15) is 0 Å². The molecule has 1 aliphatic heterocycles. The second-order valence-electron chi connectivity index (χ2n) is 4.92. The third-order valence-electron chi connectivity index (χ3n) is 3.43. The number of nitrogens with one attached hydrogen (secondary N) is 2. The zero-order valence-electron chi connectivity index (χ0n) is 12.4. The first-order valence-electron chi connectivity index (χ1n) is 7.07. The molecule has 3 rings (SSSR count). The SMILES string of the molecule is COC(=O)NC1N=C(c2ccccc2)c2ccccc2NC1=O. The van der Waals surface area contributed by atoms with E-state index < -0.39 is 18.2 Å². The van der Waals surface area contributed by atoms with E-state index in [2.05, 4.69) is 20.4 Å². The smallest absolute Gasteiger partial charge is 0.408 e. The van der Waals surface area contributed by atoms with Crippen LogP contribution >= 0.6 is 0 Å². The van der Waals surface area contributed by atoms with Crippen LogP contribution in [0.5, 0.6) is 0 Å². The van der Waals surface area contributed by atoms with Crippen molar-refractivity contribution in [2.24, 2.45) is 4.99 Å². The first-order valence-corrected chi connectivity index (χ1v) is 7.07. The third-order valence-corrected chi connectivity index (χ3v) is 3.43. The van der Waals surface area contributed by atoms with Crippen LogP contribution in [0, 0.1) is 0 Å². The Balaban J connectivity index is 2.11. The number of carbonyl (C=O) groups is 2. The summed E-state index contributed by atoms with van der Waals surface area (Å²) in [4.78, 5) is 28.2. The molecule has 0 bridgehead atoms. The van der Waals surface area contributed by atoms with E-state index in [4.69, 9.17) is 0 Å². The maximum atomic E-state index is 12.3. The molecule has 0 aliphatic carbocycles. The second-order valence-corrected chi connectivity index (χ2v) is 4.92. The van der Waals surface area contributed by atoms with Gasteiger partial charge in [0.2, 0.25) is 6.17 Å². The molecule has 2 N–H and O–H groups in total. The van der Waals surface area contributed by atoms with Gasteiger partial charge in [-0.1, -0.05) is 48.5 Å². The van der Waals surface area contributed by atoms with Crippen molar-refractivity contribution >= 4 is 23.4 Å². The Morgan fingerprint density at radius 2 is 1.83 bits per heavy atom. The second kappa shape index (κ2) is 6.31. The van der Waals surface area contributed by atoms with E-state index in [9.17, 15) is 9.59 Å². The van der Waals surface area contributed by atoms with Crippen LogP contribution < -0.4 is 10.6 Å². The Morgan fingerprint density at radius 3 is 2.57 bits per heavy atom. The number of fused-ring (bicyclic) bond motifs is 1. The van der Waals surface area contributed by atoms with Crippen LogP contribution in [0.1, 0.15) is 11.1 Å². The summed E-state index contributed by atoms with van der Waals surface area (Å²) >= 11 is 0. The maximum Gasteiger partial charge on any atom is 0.408 e. The highest BCUT2D eigenvalue weighted by Gasteiger charge is 2.26. The van der Waals surface area contributed by atoms with Crippen molar-refractivity contribution in [1.82, 2.24) is 5.32 Å². The third kappa shape index (κ3) is 3.06. The number of anilines is 1. The predicted octanol–water partition coefficient (Wildman–Crippen LogP) is 2.16. The molecule has 0 fully saturated rings. The fourth-order valence-electron chi connectivity index (χ4n) is 2.35. The molecule has 0 radical (unpaired) electrons. The van der Waals surface area contributed by atoms with Gasteiger partial charge >= 0.3 is 6.09 Å². The van der Waals surface area contributed by atoms with Crippen LogP contribution in [-0.4, -0.2) is 31.0 Å². The summed E-state index contributed by atoms with van der Waals surface area (Å²) in [6, 6.07) is 16.9. The number of alkyl carbamates (subject to hydrolysis) is 1. The topological polar surface area (TPSA) is 79.8 Å². The number of benzene rings is 2. The lowest BCUT2D eigenvalue weighted by molar-refractivity contribution is -0.117. The van der Waals surface area contributed by atoms with Crippen molar-refractivity contribution in [2.75, 3.05) is 12.4 Å². The van der Waals surface area contributed by atoms with Gasteiger partial charge in [-0.15, -0.1) is 0 Å². The molecule has 0 spiro atoms. The first-order chi connectivity index (χ1) is 11.2. The van der Waals surface area contributed by atoms with E-state index in [1.165, 1.54) is 7.11 Å². The number of hydrogen-bond acceptors (Lipinski definition) is 4. The van der Waals surface area contributed by atoms with Crippen molar-refractivity contribution in [3.05, 3.63) is 65.7 Å². The van der Waals surface area contributed by atoms with Crippen molar-refractivity contribution in [3.63, 3.8) is 0 Å². The van der Waals surface area contributed by atoms with Crippen LogP contribution in [-0.2, 0) is 9.53 Å². The summed E-state index contributed by atoms with van der Waals surface area (Å²) in [5.74, 6) is -0.422. The number of rotatable bonds is 2. The lowest BCUT2D eigenvalue weighted by Crippen LogP contribution is -2.42. The van der Waals surface area contributed by atoms with Crippen molar-refractivity contribution in [3.8, 4) is 0 Å². The number of carbonyl (C=O) groups excluding carboxylic acids is 2. The van der Waals surface area contributed by atoms with E-state index in [0.717, 1.165) is 11.1 Å². The Labute approximate surface area is 133 Å². The van der Waals surface area contributed by atoms with Crippen LogP contribution in [0.3, 0.4) is 0 Å². The van der Waals surface area contributed by atoms with Gasteiger partial charge in [0.15, 0.2) is 0 Å². The molecule has 1 atom stereocenters. The summed E-state index contributed by atoms with van der Waals surface area (Å²) in [5, 5.41) is 5.21. The highest BCUT2D eigenvalue weighted by atomic mass is 16.5. The van der Waals surface area contributed by atoms with Gasteiger partial charge in [-0.25, -0.2) is 9.79 Å². The van der Waals surface area contributed by atoms with Crippen LogP contribution in [0.25, 0.3) is 0 Å². The average molecular weight is 309 g/mol. The number of methoxy groups -OCH3 is 1. The quantitative estimate of drug-likeness (QED) is 0.892. The normalized spacial score (nSPS) is 16.5. The van der Waals surface area contributed by atoms with Gasteiger partial charge in [0.1, 0.15) is 0 Å². The van der Waals surface area contributed by atoms with Crippen LogP contribution in [0.15, 0.2) is 59.6 Å². The van der Waals surface area contributed by atoms with Crippen LogP contribution in [0.4, 0.5) is 10.5 Å². The summed E-state index contributed by atoms with van der Waals surface area (Å²) < 4.78 is 4.56.